The lowest BCUT2D eigenvalue weighted by Gasteiger charge is -2.11. The van der Waals surface area contributed by atoms with Crippen molar-refractivity contribution in [1.29, 1.82) is 0 Å². The van der Waals surface area contributed by atoms with Crippen LogP contribution in [0.3, 0.4) is 0 Å². The number of carboxylic acids is 1. The number of aromatic amines is 1. The van der Waals surface area contributed by atoms with Gasteiger partial charge in [0.05, 0.1) is 22.4 Å². The predicted molar refractivity (Wildman–Crippen MR) is 97.5 cm³/mol. The van der Waals surface area contributed by atoms with Gasteiger partial charge in [0.15, 0.2) is 0 Å². The fraction of sp³-hybridized carbons (Fsp3) is 0.158. The Morgan fingerprint density at radius 3 is 2.48 bits per heavy atom. The Labute approximate surface area is 152 Å². The van der Waals surface area contributed by atoms with Crippen LogP contribution < -0.4 is 16.4 Å². The molecule has 2 heterocycles. The highest BCUT2D eigenvalue weighted by atomic mass is 16.4. The van der Waals surface area contributed by atoms with E-state index in [1.165, 1.54) is 6.07 Å². The molecule has 2 aromatic heterocycles. The lowest BCUT2D eigenvalue weighted by Crippen LogP contribution is -2.31. The van der Waals surface area contributed by atoms with Crippen molar-refractivity contribution in [1.82, 2.24) is 19.3 Å². The standard InChI is InChI=1S/C19H16N4O4/c24-17-13-7-2-1-6-12(13)16(18(25)26)21-23(17)11-5-10-22-15-9-4-3-8-14(15)20-19(22)27/h1-4,6-9H,5,10-11H2,(H,20,27)(H,25,26)/p-1. The number of hydrogen-bond acceptors (Lipinski definition) is 5. The third-order valence-corrected chi connectivity index (χ3v) is 4.49. The number of H-pyrrole nitrogens is 1. The molecule has 0 spiro atoms. The number of carboxylic acid groups (broad SMARTS) is 1. The molecule has 0 radical (unpaired) electrons. The van der Waals surface area contributed by atoms with E-state index in [1.807, 2.05) is 24.3 Å². The zero-order valence-electron chi connectivity index (χ0n) is 14.2. The lowest BCUT2D eigenvalue weighted by molar-refractivity contribution is -0.255. The van der Waals surface area contributed by atoms with Crippen LogP contribution in [0.25, 0.3) is 21.8 Å². The fourth-order valence-electron chi connectivity index (χ4n) is 3.24. The number of rotatable bonds is 5. The summed E-state index contributed by atoms with van der Waals surface area (Å²) in [5.74, 6) is -1.44. The lowest BCUT2D eigenvalue weighted by atomic mass is 10.1. The topological polar surface area (TPSA) is 113 Å². The molecule has 0 bridgehead atoms. The molecule has 0 saturated heterocycles. The predicted octanol–water partition coefficient (Wildman–Crippen LogP) is 0.493. The molecule has 8 heteroatoms. The van der Waals surface area contributed by atoms with Crippen molar-refractivity contribution in [2.24, 2.45) is 0 Å². The number of aromatic carboxylic acids is 1. The molecule has 0 unspecified atom stereocenters. The van der Waals surface area contributed by atoms with Gasteiger partial charge in [-0.2, -0.15) is 5.10 Å². The van der Waals surface area contributed by atoms with Crippen molar-refractivity contribution < 1.29 is 9.90 Å². The summed E-state index contributed by atoms with van der Waals surface area (Å²) in [6.07, 6.45) is 0.430. The number of nitrogens with one attached hydrogen (secondary N) is 1. The Morgan fingerprint density at radius 1 is 1.00 bits per heavy atom. The molecule has 0 aliphatic rings. The molecular weight excluding hydrogens is 348 g/mol. The van der Waals surface area contributed by atoms with Crippen LogP contribution in [0.15, 0.2) is 58.1 Å². The van der Waals surface area contributed by atoms with Crippen molar-refractivity contribution in [2.75, 3.05) is 0 Å². The Bertz CT molecular complexity index is 1280. The Kier molecular flexibility index (Phi) is 4.08. The minimum Gasteiger partial charge on any atom is -0.543 e. The van der Waals surface area contributed by atoms with Gasteiger partial charge < -0.3 is 14.9 Å². The molecule has 4 aromatic rings. The summed E-state index contributed by atoms with van der Waals surface area (Å²) >= 11 is 0. The Morgan fingerprint density at radius 2 is 1.70 bits per heavy atom. The smallest absolute Gasteiger partial charge is 0.326 e. The highest BCUT2D eigenvalue weighted by Crippen LogP contribution is 2.13. The van der Waals surface area contributed by atoms with E-state index in [0.717, 1.165) is 15.7 Å². The van der Waals surface area contributed by atoms with Gasteiger partial charge in [0.25, 0.3) is 5.56 Å². The van der Waals surface area contributed by atoms with E-state index in [9.17, 15) is 19.5 Å². The van der Waals surface area contributed by atoms with Crippen LogP contribution in [-0.4, -0.2) is 25.3 Å². The van der Waals surface area contributed by atoms with Gasteiger partial charge in [-0.15, -0.1) is 0 Å². The maximum absolute atomic E-state index is 12.6. The molecule has 136 valence electrons. The van der Waals surface area contributed by atoms with Gasteiger partial charge in [-0.3, -0.25) is 9.36 Å². The molecule has 1 N–H and O–H groups in total. The molecule has 0 fully saturated rings. The molecule has 27 heavy (non-hydrogen) atoms. The minimum absolute atomic E-state index is 0.176. The van der Waals surface area contributed by atoms with E-state index in [1.54, 1.807) is 22.8 Å². The second-order valence-corrected chi connectivity index (χ2v) is 6.16. The second kappa shape index (κ2) is 6.56. The molecule has 0 aliphatic heterocycles. The summed E-state index contributed by atoms with van der Waals surface area (Å²) in [6.45, 7) is 0.542. The van der Waals surface area contributed by atoms with Crippen molar-refractivity contribution in [3.05, 3.63) is 75.1 Å². The van der Waals surface area contributed by atoms with Crippen LogP contribution in [0, 0.1) is 0 Å². The van der Waals surface area contributed by atoms with Crippen LogP contribution in [0.4, 0.5) is 0 Å². The first-order valence-electron chi connectivity index (χ1n) is 8.45. The van der Waals surface area contributed by atoms with Crippen molar-refractivity contribution >= 4 is 27.8 Å². The normalized spacial score (nSPS) is 11.3. The van der Waals surface area contributed by atoms with Gasteiger partial charge in [-0.1, -0.05) is 30.3 Å². The van der Waals surface area contributed by atoms with E-state index < -0.39 is 5.97 Å². The number of imidazole rings is 1. The average Bonchev–Trinajstić information content (AvgIpc) is 2.99. The highest BCUT2D eigenvalue weighted by Gasteiger charge is 2.11. The average molecular weight is 363 g/mol. The summed E-state index contributed by atoms with van der Waals surface area (Å²) in [4.78, 5) is 38.9. The van der Waals surface area contributed by atoms with Crippen molar-refractivity contribution in [3.8, 4) is 0 Å². The molecule has 0 amide bonds. The summed E-state index contributed by atoms with van der Waals surface area (Å²) < 4.78 is 2.70. The zero-order valence-corrected chi connectivity index (χ0v) is 14.2. The zero-order chi connectivity index (χ0) is 19.0. The van der Waals surface area contributed by atoms with Gasteiger partial charge in [0.2, 0.25) is 0 Å². The molecule has 0 aliphatic carbocycles. The van der Waals surface area contributed by atoms with Crippen molar-refractivity contribution in [3.63, 3.8) is 0 Å². The summed E-state index contributed by atoms with van der Waals surface area (Å²) in [6, 6.07) is 13.7. The summed E-state index contributed by atoms with van der Waals surface area (Å²) in [5.41, 5.74) is 0.640. The van der Waals surface area contributed by atoms with Gasteiger partial charge in [-0.25, -0.2) is 9.48 Å². The van der Waals surface area contributed by atoms with E-state index >= 15 is 0 Å². The third kappa shape index (κ3) is 2.91. The number of carbonyl (C=O) groups is 1. The van der Waals surface area contributed by atoms with E-state index in [-0.39, 0.29) is 34.3 Å². The molecule has 0 saturated carbocycles. The number of carbonyl (C=O) groups excluding carboxylic acids is 1. The minimum atomic E-state index is -1.44. The van der Waals surface area contributed by atoms with Gasteiger partial charge >= 0.3 is 5.69 Å². The highest BCUT2D eigenvalue weighted by molar-refractivity contribution is 6.00. The number of hydrogen-bond donors (Lipinski definition) is 1. The second-order valence-electron chi connectivity index (χ2n) is 6.16. The Balaban J connectivity index is 1.65. The number of para-hydroxylation sites is 2. The molecular formula is C19H15N4O4-. The number of fused-ring (bicyclic) bond motifs is 2. The summed E-state index contributed by atoms with van der Waals surface area (Å²) in [5, 5.41) is 15.9. The molecule has 2 aromatic carbocycles. The first-order valence-corrected chi connectivity index (χ1v) is 8.45. The van der Waals surface area contributed by atoms with Crippen LogP contribution in [0.5, 0.6) is 0 Å². The fourth-order valence-corrected chi connectivity index (χ4v) is 3.24. The van der Waals surface area contributed by atoms with Gasteiger partial charge in [0, 0.05) is 18.5 Å². The maximum Gasteiger partial charge on any atom is 0.326 e. The van der Waals surface area contributed by atoms with Crippen LogP contribution >= 0.6 is 0 Å². The Hall–Kier alpha value is -3.68. The van der Waals surface area contributed by atoms with Crippen LogP contribution in [0.2, 0.25) is 0 Å². The van der Waals surface area contributed by atoms with E-state index in [2.05, 4.69) is 10.1 Å². The molecule has 0 atom stereocenters. The summed E-state index contributed by atoms with van der Waals surface area (Å²) in [7, 11) is 0. The van der Waals surface area contributed by atoms with Gasteiger partial charge in [-0.05, 0) is 24.6 Å². The van der Waals surface area contributed by atoms with E-state index in [0.29, 0.717) is 13.0 Å². The number of benzene rings is 2. The van der Waals surface area contributed by atoms with Crippen molar-refractivity contribution in [2.45, 2.75) is 19.5 Å². The van der Waals surface area contributed by atoms with Crippen LogP contribution in [0.1, 0.15) is 16.9 Å². The van der Waals surface area contributed by atoms with E-state index in [4.69, 9.17) is 0 Å². The number of aryl methyl sites for hydroxylation is 2. The maximum atomic E-state index is 12.6. The SMILES string of the molecule is O=C([O-])c1nn(CCCn2c(=O)[nH]c3ccccc32)c(=O)c2ccccc12. The van der Waals surface area contributed by atoms with Gasteiger partial charge in [0.1, 0.15) is 5.69 Å². The third-order valence-electron chi connectivity index (χ3n) is 4.49. The largest absolute Gasteiger partial charge is 0.543 e. The monoisotopic (exact) mass is 363 g/mol. The number of aromatic nitrogens is 4. The van der Waals surface area contributed by atoms with Crippen LogP contribution in [-0.2, 0) is 13.1 Å². The quantitative estimate of drug-likeness (QED) is 0.555. The number of nitrogens with zero attached hydrogens (tertiary/aromatic N) is 3. The first-order chi connectivity index (χ1) is 13.1. The molecule has 8 nitrogen and oxygen atoms in total. The first kappa shape index (κ1) is 16.8. The molecule has 4 rings (SSSR count).